The van der Waals surface area contributed by atoms with Gasteiger partial charge in [0.05, 0.1) is 5.69 Å². The third-order valence-corrected chi connectivity index (χ3v) is 4.18. The maximum Gasteiger partial charge on any atom is 0.178 e. The molecule has 116 valence electrons. The predicted octanol–water partition coefficient (Wildman–Crippen LogP) is 3.14. The van der Waals surface area contributed by atoms with Crippen molar-refractivity contribution in [1.29, 1.82) is 0 Å². The van der Waals surface area contributed by atoms with Gasteiger partial charge in [-0.3, -0.25) is 0 Å². The summed E-state index contributed by atoms with van der Waals surface area (Å²) in [4.78, 5) is 0. The molecular formula is C16H22N6. The molecule has 0 radical (unpaired) electrons. The lowest BCUT2D eigenvalue weighted by atomic mass is 9.95. The van der Waals surface area contributed by atoms with E-state index in [4.69, 9.17) is 5.10 Å². The van der Waals surface area contributed by atoms with Gasteiger partial charge >= 0.3 is 0 Å². The minimum Gasteiger partial charge on any atom is -0.217 e. The lowest BCUT2D eigenvalue weighted by molar-refractivity contribution is 0.657. The summed E-state index contributed by atoms with van der Waals surface area (Å²) in [7, 11) is 0. The minimum absolute atomic E-state index is 0.513. The molecule has 0 fully saturated rings. The van der Waals surface area contributed by atoms with Crippen LogP contribution in [-0.2, 0) is 0 Å². The Morgan fingerprint density at radius 2 is 1.86 bits per heavy atom. The highest BCUT2D eigenvalue weighted by atomic mass is 15.4. The van der Waals surface area contributed by atoms with Crippen LogP contribution in [0.5, 0.6) is 0 Å². The van der Waals surface area contributed by atoms with Crippen LogP contribution in [0.25, 0.3) is 11.5 Å². The van der Waals surface area contributed by atoms with Gasteiger partial charge in [0, 0.05) is 5.69 Å². The second kappa shape index (κ2) is 5.51. The molecule has 0 aromatic carbocycles. The normalized spacial score (nSPS) is 13.0. The number of aromatic nitrogens is 6. The van der Waals surface area contributed by atoms with E-state index in [9.17, 15) is 0 Å². The highest BCUT2D eigenvalue weighted by molar-refractivity contribution is 5.41. The van der Waals surface area contributed by atoms with Crippen LogP contribution in [0.15, 0.2) is 12.1 Å². The predicted molar refractivity (Wildman–Crippen MR) is 85.4 cm³/mol. The van der Waals surface area contributed by atoms with E-state index >= 15 is 0 Å². The Morgan fingerprint density at radius 1 is 1.09 bits per heavy atom. The Bertz CT molecular complexity index is 814. The Kier molecular flexibility index (Phi) is 3.68. The largest absolute Gasteiger partial charge is 0.217 e. The van der Waals surface area contributed by atoms with Crippen molar-refractivity contribution >= 4 is 5.65 Å². The third-order valence-electron chi connectivity index (χ3n) is 4.18. The average Bonchev–Trinajstić information content (AvgIpc) is 3.00. The van der Waals surface area contributed by atoms with Crippen molar-refractivity contribution in [3.05, 3.63) is 34.9 Å². The number of hydrogen-bond donors (Lipinski definition) is 0. The number of aryl methyl sites for hydroxylation is 2. The van der Waals surface area contributed by atoms with Gasteiger partial charge in [0.15, 0.2) is 17.3 Å². The summed E-state index contributed by atoms with van der Waals surface area (Å²) in [6.07, 6.45) is 2.35. The summed E-state index contributed by atoms with van der Waals surface area (Å²) in [5.74, 6) is 2.09. The maximum absolute atomic E-state index is 4.70. The zero-order valence-corrected chi connectivity index (χ0v) is 13.8. The first kappa shape index (κ1) is 14.7. The van der Waals surface area contributed by atoms with Crippen LogP contribution in [0.4, 0.5) is 0 Å². The van der Waals surface area contributed by atoms with Crippen LogP contribution in [0, 0.1) is 20.8 Å². The van der Waals surface area contributed by atoms with E-state index in [-0.39, 0.29) is 0 Å². The molecule has 1 atom stereocenters. The summed E-state index contributed by atoms with van der Waals surface area (Å²) < 4.78 is 3.68. The first-order valence-electron chi connectivity index (χ1n) is 7.78. The first-order chi connectivity index (χ1) is 10.5. The zero-order valence-electron chi connectivity index (χ0n) is 13.8. The van der Waals surface area contributed by atoms with Gasteiger partial charge in [-0.05, 0) is 50.8 Å². The second-order valence-electron chi connectivity index (χ2n) is 5.89. The van der Waals surface area contributed by atoms with E-state index < -0.39 is 0 Å². The van der Waals surface area contributed by atoms with Crippen molar-refractivity contribution in [2.24, 2.45) is 0 Å². The van der Waals surface area contributed by atoms with Crippen molar-refractivity contribution in [3.8, 4) is 5.82 Å². The molecule has 22 heavy (non-hydrogen) atoms. The fourth-order valence-corrected chi connectivity index (χ4v) is 3.17. The molecule has 3 rings (SSSR count). The third kappa shape index (κ3) is 2.28. The first-order valence-corrected chi connectivity index (χ1v) is 7.78. The number of hydrogen-bond acceptors (Lipinski definition) is 4. The van der Waals surface area contributed by atoms with Gasteiger partial charge in [-0.1, -0.05) is 20.3 Å². The zero-order chi connectivity index (χ0) is 15.9. The summed E-state index contributed by atoms with van der Waals surface area (Å²) in [6.45, 7) is 10.6. The van der Waals surface area contributed by atoms with E-state index in [1.54, 1.807) is 4.52 Å². The van der Waals surface area contributed by atoms with Crippen LogP contribution < -0.4 is 0 Å². The number of nitrogens with zero attached hydrogens (tertiary/aromatic N) is 6. The fraction of sp³-hybridized carbons (Fsp3) is 0.500. The van der Waals surface area contributed by atoms with E-state index in [1.807, 2.05) is 23.7 Å². The van der Waals surface area contributed by atoms with Crippen molar-refractivity contribution in [1.82, 2.24) is 29.6 Å². The molecule has 1 unspecified atom stereocenters. The second-order valence-corrected chi connectivity index (χ2v) is 5.89. The summed E-state index contributed by atoms with van der Waals surface area (Å²) >= 11 is 0. The maximum atomic E-state index is 4.70. The van der Waals surface area contributed by atoms with Gasteiger partial charge < -0.3 is 0 Å². The van der Waals surface area contributed by atoms with Crippen LogP contribution in [-0.4, -0.2) is 29.6 Å². The van der Waals surface area contributed by atoms with Gasteiger partial charge in [0.1, 0.15) is 0 Å². The van der Waals surface area contributed by atoms with Crippen LogP contribution in [0.3, 0.4) is 0 Å². The highest BCUT2D eigenvalue weighted by Crippen LogP contribution is 2.28. The van der Waals surface area contributed by atoms with E-state index in [1.165, 1.54) is 18.4 Å². The molecule has 6 nitrogen and oxygen atoms in total. The number of fused-ring (bicyclic) bond motifs is 1. The van der Waals surface area contributed by atoms with Gasteiger partial charge in [-0.2, -0.15) is 9.61 Å². The highest BCUT2D eigenvalue weighted by Gasteiger charge is 2.18. The molecular weight excluding hydrogens is 276 g/mol. The van der Waals surface area contributed by atoms with Crippen molar-refractivity contribution < 1.29 is 0 Å². The van der Waals surface area contributed by atoms with Crippen molar-refractivity contribution in [2.45, 2.75) is 53.4 Å². The smallest absolute Gasteiger partial charge is 0.178 e. The van der Waals surface area contributed by atoms with Crippen LogP contribution in [0.2, 0.25) is 0 Å². The Morgan fingerprint density at radius 3 is 2.59 bits per heavy atom. The van der Waals surface area contributed by atoms with E-state index in [2.05, 4.69) is 43.0 Å². The monoisotopic (exact) mass is 298 g/mol. The standard InChI is InChI=1S/C16H22N6/c1-6-7-10(2)16-11(3)19-21(12(16)4)15-9-8-14-18-17-13(5)22(14)20-15/h8-10H,6-7H2,1-5H3. The fourth-order valence-electron chi connectivity index (χ4n) is 3.17. The van der Waals surface area contributed by atoms with Crippen molar-refractivity contribution in [3.63, 3.8) is 0 Å². The summed E-state index contributed by atoms with van der Waals surface area (Å²) in [6, 6.07) is 3.87. The molecule has 0 aliphatic carbocycles. The van der Waals surface area contributed by atoms with E-state index in [0.717, 1.165) is 28.7 Å². The molecule has 6 heteroatoms. The molecule has 0 aliphatic heterocycles. The average molecular weight is 298 g/mol. The summed E-state index contributed by atoms with van der Waals surface area (Å²) in [5, 5.41) is 17.4. The number of rotatable bonds is 4. The van der Waals surface area contributed by atoms with Gasteiger partial charge in [-0.25, -0.2) is 4.68 Å². The van der Waals surface area contributed by atoms with Gasteiger partial charge in [0.2, 0.25) is 0 Å². The molecule has 0 aliphatic rings. The lowest BCUT2D eigenvalue weighted by Gasteiger charge is -2.11. The van der Waals surface area contributed by atoms with E-state index in [0.29, 0.717) is 5.92 Å². The molecule has 0 saturated heterocycles. The lowest BCUT2D eigenvalue weighted by Crippen LogP contribution is -2.06. The van der Waals surface area contributed by atoms with Gasteiger partial charge in [-0.15, -0.1) is 15.3 Å². The quantitative estimate of drug-likeness (QED) is 0.742. The van der Waals surface area contributed by atoms with Crippen LogP contribution in [0.1, 0.15) is 55.4 Å². The SMILES string of the molecule is CCCC(C)c1c(C)nn(-c2ccc3nnc(C)n3n2)c1C. The van der Waals surface area contributed by atoms with Gasteiger partial charge in [0.25, 0.3) is 0 Å². The molecule has 0 saturated carbocycles. The molecule has 3 aromatic rings. The Hall–Kier alpha value is -2.24. The molecule has 0 spiro atoms. The van der Waals surface area contributed by atoms with Crippen molar-refractivity contribution in [2.75, 3.05) is 0 Å². The molecule has 0 amide bonds. The molecule has 0 N–H and O–H groups in total. The molecule has 3 heterocycles. The minimum atomic E-state index is 0.513. The Balaban J connectivity index is 2.10. The summed E-state index contributed by atoms with van der Waals surface area (Å²) in [5.41, 5.74) is 4.34. The van der Waals surface area contributed by atoms with Crippen LogP contribution >= 0.6 is 0 Å². The molecule has 3 aromatic heterocycles. The Labute approximate surface area is 130 Å². The molecule has 0 bridgehead atoms. The topological polar surface area (TPSA) is 60.9 Å².